The van der Waals surface area contributed by atoms with E-state index in [4.69, 9.17) is 28.1 Å². The van der Waals surface area contributed by atoms with E-state index in [0.29, 0.717) is 22.1 Å². The van der Waals surface area contributed by atoms with Crippen molar-refractivity contribution in [1.82, 2.24) is 10.6 Å². The predicted octanol–water partition coefficient (Wildman–Crippen LogP) is 1.66. The van der Waals surface area contributed by atoms with Crippen LogP contribution in [-0.4, -0.2) is 24.8 Å². The molecule has 0 aliphatic carbocycles. The lowest BCUT2D eigenvalue weighted by Gasteiger charge is -2.29. The Hall–Kier alpha value is -2.52. The van der Waals surface area contributed by atoms with Gasteiger partial charge in [-0.25, -0.2) is 4.79 Å². The summed E-state index contributed by atoms with van der Waals surface area (Å²) in [6.07, 6.45) is 5.16. The standard InChI is InChI=1S/C16H16N2O3S/c1-4-9-21-12-7-5-11(6-8-12)14-13(15(19)20-3)10(2)17-16(22)18-14/h1,5-8,14H,9H2,2-3H3,(H2,17,18,22). The van der Waals surface area contributed by atoms with Crippen molar-refractivity contribution < 1.29 is 14.3 Å². The van der Waals surface area contributed by atoms with Gasteiger partial charge in [0.2, 0.25) is 0 Å². The van der Waals surface area contributed by atoms with Gasteiger partial charge in [-0.15, -0.1) is 6.42 Å². The minimum atomic E-state index is -0.405. The van der Waals surface area contributed by atoms with Crippen LogP contribution >= 0.6 is 12.2 Å². The maximum atomic E-state index is 12.0. The number of methoxy groups -OCH3 is 1. The molecule has 1 aromatic rings. The van der Waals surface area contributed by atoms with Gasteiger partial charge >= 0.3 is 5.97 Å². The Labute approximate surface area is 134 Å². The summed E-state index contributed by atoms with van der Waals surface area (Å²) in [7, 11) is 1.35. The van der Waals surface area contributed by atoms with E-state index in [9.17, 15) is 4.79 Å². The molecule has 1 heterocycles. The van der Waals surface area contributed by atoms with E-state index in [1.165, 1.54) is 7.11 Å². The smallest absolute Gasteiger partial charge is 0.337 e. The SMILES string of the molecule is C#CCOc1ccc(C2NC(=S)NC(C)=C2C(=O)OC)cc1. The van der Waals surface area contributed by atoms with Gasteiger partial charge in [0.25, 0.3) is 0 Å². The number of ether oxygens (including phenoxy) is 2. The number of carbonyl (C=O) groups excluding carboxylic acids is 1. The minimum absolute atomic E-state index is 0.210. The van der Waals surface area contributed by atoms with Crippen LogP contribution in [-0.2, 0) is 9.53 Å². The van der Waals surface area contributed by atoms with E-state index in [1.807, 2.05) is 12.1 Å². The van der Waals surface area contributed by atoms with Crippen LogP contribution in [0.2, 0.25) is 0 Å². The van der Waals surface area contributed by atoms with Gasteiger partial charge in [-0.3, -0.25) is 0 Å². The van der Waals surface area contributed by atoms with Crippen LogP contribution in [0.25, 0.3) is 0 Å². The monoisotopic (exact) mass is 316 g/mol. The molecule has 0 fully saturated rings. The van der Waals surface area contributed by atoms with Crippen molar-refractivity contribution in [3.63, 3.8) is 0 Å². The van der Waals surface area contributed by atoms with Crippen molar-refractivity contribution in [2.45, 2.75) is 13.0 Å². The summed E-state index contributed by atoms with van der Waals surface area (Å²) >= 11 is 5.16. The highest BCUT2D eigenvalue weighted by molar-refractivity contribution is 7.80. The Bertz CT molecular complexity index is 659. The molecule has 2 N–H and O–H groups in total. The Morgan fingerprint density at radius 3 is 2.68 bits per heavy atom. The van der Waals surface area contributed by atoms with E-state index < -0.39 is 5.97 Å². The Kier molecular flexibility index (Phi) is 5.02. The van der Waals surface area contributed by atoms with E-state index in [-0.39, 0.29) is 12.6 Å². The zero-order valence-corrected chi connectivity index (χ0v) is 13.1. The van der Waals surface area contributed by atoms with Crippen LogP contribution in [0.1, 0.15) is 18.5 Å². The molecule has 0 saturated carbocycles. The molecule has 22 heavy (non-hydrogen) atoms. The van der Waals surface area contributed by atoms with Gasteiger partial charge in [0.1, 0.15) is 12.4 Å². The third-order valence-electron chi connectivity index (χ3n) is 3.21. The second-order valence-corrected chi connectivity index (χ2v) is 5.03. The molecule has 2 rings (SSSR count). The number of carbonyl (C=O) groups is 1. The lowest BCUT2D eigenvalue weighted by Crippen LogP contribution is -2.45. The zero-order chi connectivity index (χ0) is 16.1. The van der Waals surface area contributed by atoms with Crippen LogP contribution in [0.5, 0.6) is 5.75 Å². The van der Waals surface area contributed by atoms with E-state index in [1.54, 1.807) is 19.1 Å². The van der Waals surface area contributed by atoms with Crippen LogP contribution < -0.4 is 15.4 Å². The molecule has 5 nitrogen and oxygen atoms in total. The molecule has 1 unspecified atom stereocenters. The van der Waals surface area contributed by atoms with E-state index in [2.05, 4.69) is 16.6 Å². The van der Waals surface area contributed by atoms with Crippen LogP contribution in [0, 0.1) is 12.3 Å². The Balaban J connectivity index is 2.32. The molecule has 0 bridgehead atoms. The van der Waals surface area contributed by atoms with Gasteiger partial charge in [0.15, 0.2) is 5.11 Å². The Morgan fingerprint density at radius 1 is 1.41 bits per heavy atom. The summed E-state index contributed by atoms with van der Waals surface area (Å²) in [5, 5.41) is 6.48. The van der Waals surface area contributed by atoms with Gasteiger partial charge in [-0.05, 0) is 36.8 Å². The second kappa shape index (κ2) is 6.96. The summed E-state index contributed by atoms with van der Waals surface area (Å²) < 4.78 is 10.2. The number of benzene rings is 1. The fourth-order valence-electron chi connectivity index (χ4n) is 2.21. The van der Waals surface area contributed by atoms with Crippen LogP contribution in [0.3, 0.4) is 0 Å². The van der Waals surface area contributed by atoms with Crippen LogP contribution in [0.4, 0.5) is 0 Å². The second-order valence-electron chi connectivity index (χ2n) is 4.62. The topological polar surface area (TPSA) is 59.6 Å². The number of hydrogen-bond acceptors (Lipinski definition) is 4. The molecular weight excluding hydrogens is 300 g/mol. The van der Waals surface area contributed by atoms with Gasteiger partial charge in [0, 0.05) is 5.70 Å². The fourth-order valence-corrected chi connectivity index (χ4v) is 2.48. The largest absolute Gasteiger partial charge is 0.481 e. The number of rotatable bonds is 4. The summed E-state index contributed by atoms with van der Waals surface area (Å²) in [5.74, 6) is 2.67. The van der Waals surface area contributed by atoms with Crippen LogP contribution in [0.15, 0.2) is 35.5 Å². The highest BCUT2D eigenvalue weighted by Crippen LogP contribution is 2.28. The average molecular weight is 316 g/mol. The first-order valence-electron chi connectivity index (χ1n) is 6.59. The molecule has 0 spiro atoms. The van der Waals surface area contributed by atoms with Crippen molar-refractivity contribution in [3.05, 3.63) is 41.1 Å². The molecule has 0 radical (unpaired) electrons. The highest BCUT2D eigenvalue weighted by atomic mass is 32.1. The third-order valence-corrected chi connectivity index (χ3v) is 3.43. The molecule has 1 aromatic carbocycles. The summed E-state index contributed by atoms with van der Waals surface area (Å²) in [5.41, 5.74) is 2.04. The summed E-state index contributed by atoms with van der Waals surface area (Å²) in [4.78, 5) is 12.0. The first-order chi connectivity index (χ1) is 10.6. The van der Waals surface area contributed by atoms with E-state index >= 15 is 0 Å². The fraction of sp³-hybridized carbons (Fsp3) is 0.250. The first kappa shape index (κ1) is 15.9. The number of thiocarbonyl (C=S) groups is 1. The maximum absolute atomic E-state index is 12.0. The lowest BCUT2D eigenvalue weighted by atomic mass is 9.95. The molecule has 0 aromatic heterocycles. The third kappa shape index (κ3) is 3.38. The number of allylic oxidation sites excluding steroid dienone is 1. The molecule has 114 valence electrons. The van der Waals surface area contributed by atoms with Gasteiger partial charge in [-0.2, -0.15) is 0 Å². The lowest BCUT2D eigenvalue weighted by molar-refractivity contribution is -0.136. The van der Waals surface area contributed by atoms with Crippen molar-refractivity contribution in [3.8, 4) is 18.1 Å². The van der Waals surface area contributed by atoms with Crippen molar-refractivity contribution in [2.75, 3.05) is 13.7 Å². The highest BCUT2D eigenvalue weighted by Gasteiger charge is 2.30. The predicted molar refractivity (Wildman–Crippen MR) is 87.1 cm³/mol. The van der Waals surface area contributed by atoms with Gasteiger partial charge < -0.3 is 20.1 Å². The molecule has 1 aliphatic heterocycles. The Morgan fingerprint density at radius 2 is 2.09 bits per heavy atom. The molecule has 1 aliphatic rings. The quantitative estimate of drug-likeness (QED) is 0.500. The van der Waals surface area contributed by atoms with Crippen molar-refractivity contribution in [2.24, 2.45) is 0 Å². The average Bonchev–Trinajstić information content (AvgIpc) is 2.52. The number of hydrogen-bond donors (Lipinski definition) is 2. The summed E-state index contributed by atoms with van der Waals surface area (Å²) in [6.45, 7) is 2.00. The van der Waals surface area contributed by atoms with E-state index in [0.717, 1.165) is 5.56 Å². The minimum Gasteiger partial charge on any atom is -0.481 e. The maximum Gasteiger partial charge on any atom is 0.337 e. The number of nitrogens with one attached hydrogen (secondary N) is 2. The molecule has 0 saturated heterocycles. The molecule has 0 amide bonds. The normalized spacial score (nSPS) is 17.1. The first-order valence-corrected chi connectivity index (χ1v) is 7.00. The number of esters is 1. The van der Waals surface area contributed by atoms with Gasteiger partial charge in [-0.1, -0.05) is 18.1 Å². The molecule has 1 atom stereocenters. The van der Waals surface area contributed by atoms with Crippen molar-refractivity contribution in [1.29, 1.82) is 0 Å². The molecule has 6 heteroatoms. The zero-order valence-electron chi connectivity index (χ0n) is 12.3. The number of terminal acetylenes is 1. The van der Waals surface area contributed by atoms with Crippen molar-refractivity contribution >= 4 is 23.3 Å². The van der Waals surface area contributed by atoms with Gasteiger partial charge in [0.05, 0.1) is 18.7 Å². The summed E-state index contributed by atoms with van der Waals surface area (Å²) in [6, 6.07) is 6.93. The molecular formula is C16H16N2O3S.